The van der Waals surface area contributed by atoms with Gasteiger partial charge in [0.05, 0.1) is 0 Å². The number of hydrogen-bond donors (Lipinski definition) is 0. The Labute approximate surface area is 151 Å². The van der Waals surface area contributed by atoms with E-state index in [0.717, 1.165) is 32.5 Å². The molecule has 2 nitrogen and oxygen atoms in total. The van der Waals surface area contributed by atoms with Gasteiger partial charge in [0.25, 0.3) is 0 Å². The van der Waals surface area contributed by atoms with Gasteiger partial charge in [-0.05, 0) is 44.0 Å². The number of rotatable bonds is 4. The summed E-state index contributed by atoms with van der Waals surface area (Å²) < 4.78 is 2.59. The highest BCUT2D eigenvalue weighted by molar-refractivity contribution is 5.85. The summed E-state index contributed by atoms with van der Waals surface area (Å²) in [7, 11) is 0. The van der Waals surface area contributed by atoms with E-state index in [1.54, 1.807) is 11.3 Å². The van der Waals surface area contributed by atoms with E-state index in [1.165, 1.54) is 22.0 Å². The molecule has 0 fully saturated rings. The second-order valence-electron chi connectivity index (χ2n) is 7.45. The summed E-state index contributed by atoms with van der Waals surface area (Å²) in [6.45, 7) is 10.1. The lowest BCUT2D eigenvalue weighted by Crippen LogP contribution is -2.38. The number of hydrogen-bond acceptors (Lipinski definition) is 1. The normalized spacial score (nSPS) is 17.8. The second-order valence-corrected chi connectivity index (χ2v) is 7.45. The zero-order valence-electron chi connectivity index (χ0n) is 15.6. The van der Waals surface area contributed by atoms with Crippen LogP contribution in [0.3, 0.4) is 0 Å². The SMILES string of the molecule is CCN1Cc2c(n(CCc3ccc(C)cc3)c3ccccc23)CC1C. The molecule has 1 unspecified atom stereocenters. The molecule has 0 amide bonds. The van der Waals surface area contributed by atoms with Crippen molar-refractivity contribution in [2.45, 2.75) is 52.7 Å². The van der Waals surface area contributed by atoms with Gasteiger partial charge in [0.1, 0.15) is 0 Å². The lowest BCUT2D eigenvalue weighted by Gasteiger charge is -2.33. The maximum absolute atomic E-state index is 2.60. The Bertz CT molecular complexity index is 873. The number of para-hydroxylation sites is 1. The van der Waals surface area contributed by atoms with E-state index < -0.39 is 0 Å². The molecule has 0 saturated heterocycles. The lowest BCUT2D eigenvalue weighted by atomic mass is 9.99. The van der Waals surface area contributed by atoms with E-state index in [2.05, 4.69) is 78.8 Å². The highest BCUT2D eigenvalue weighted by Gasteiger charge is 2.27. The highest BCUT2D eigenvalue weighted by Crippen LogP contribution is 2.33. The molecule has 130 valence electrons. The summed E-state index contributed by atoms with van der Waals surface area (Å²) in [5.41, 5.74) is 7.28. The lowest BCUT2D eigenvalue weighted by molar-refractivity contribution is 0.192. The molecule has 1 aliphatic heterocycles. The molecule has 2 heteroatoms. The number of benzene rings is 2. The number of likely N-dealkylation sites (N-methyl/N-ethyl adjacent to an activating group) is 1. The Morgan fingerprint density at radius 1 is 1.04 bits per heavy atom. The summed E-state index contributed by atoms with van der Waals surface area (Å²) in [4.78, 5) is 2.60. The summed E-state index contributed by atoms with van der Waals surface area (Å²) in [6.07, 6.45) is 2.25. The van der Waals surface area contributed by atoms with Crippen LogP contribution in [-0.4, -0.2) is 22.1 Å². The Hall–Kier alpha value is -2.06. The molecule has 0 radical (unpaired) electrons. The van der Waals surface area contributed by atoms with Crippen LogP contribution in [0.4, 0.5) is 0 Å². The molecule has 0 aliphatic carbocycles. The van der Waals surface area contributed by atoms with Gasteiger partial charge in [0.2, 0.25) is 0 Å². The fourth-order valence-corrected chi connectivity index (χ4v) is 4.28. The Balaban J connectivity index is 1.71. The zero-order valence-corrected chi connectivity index (χ0v) is 15.6. The third kappa shape index (κ3) is 3.00. The van der Waals surface area contributed by atoms with E-state index in [9.17, 15) is 0 Å². The van der Waals surface area contributed by atoms with Gasteiger partial charge in [-0.1, -0.05) is 55.0 Å². The van der Waals surface area contributed by atoms with Crippen molar-refractivity contribution in [1.29, 1.82) is 0 Å². The van der Waals surface area contributed by atoms with Crippen LogP contribution in [0.25, 0.3) is 10.9 Å². The molecule has 25 heavy (non-hydrogen) atoms. The van der Waals surface area contributed by atoms with Crippen molar-refractivity contribution in [3.63, 3.8) is 0 Å². The van der Waals surface area contributed by atoms with Gasteiger partial charge in [-0.2, -0.15) is 0 Å². The van der Waals surface area contributed by atoms with Crippen molar-refractivity contribution in [1.82, 2.24) is 9.47 Å². The van der Waals surface area contributed by atoms with Crippen molar-refractivity contribution < 1.29 is 0 Å². The third-order valence-corrected chi connectivity index (χ3v) is 5.82. The van der Waals surface area contributed by atoms with Crippen molar-refractivity contribution in [3.05, 3.63) is 70.9 Å². The summed E-state index contributed by atoms with van der Waals surface area (Å²) in [5, 5.41) is 1.45. The molecule has 0 spiro atoms. The predicted molar refractivity (Wildman–Crippen MR) is 106 cm³/mol. The molecule has 3 aromatic rings. The van der Waals surface area contributed by atoms with E-state index in [1.807, 2.05) is 0 Å². The maximum atomic E-state index is 2.60. The smallest absolute Gasteiger partial charge is 0.0486 e. The van der Waals surface area contributed by atoms with Crippen molar-refractivity contribution in [2.75, 3.05) is 6.54 Å². The first-order chi connectivity index (χ1) is 12.2. The number of aromatic nitrogens is 1. The fourth-order valence-electron chi connectivity index (χ4n) is 4.28. The molecule has 1 atom stereocenters. The highest BCUT2D eigenvalue weighted by atomic mass is 15.2. The van der Waals surface area contributed by atoms with E-state index >= 15 is 0 Å². The molecule has 0 saturated carbocycles. The van der Waals surface area contributed by atoms with Gasteiger partial charge in [0, 0.05) is 42.1 Å². The molecule has 4 rings (SSSR count). The van der Waals surface area contributed by atoms with Crippen LogP contribution in [0.2, 0.25) is 0 Å². The topological polar surface area (TPSA) is 8.17 Å². The third-order valence-electron chi connectivity index (χ3n) is 5.82. The molecular weight excluding hydrogens is 304 g/mol. The van der Waals surface area contributed by atoms with Crippen LogP contribution in [0.1, 0.15) is 36.2 Å². The van der Waals surface area contributed by atoms with Gasteiger partial charge in [-0.25, -0.2) is 0 Å². The molecule has 2 aromatic carbocycles. The molecular formula is C23H28N2. The summed E-state index contributed by atoms with van der Waals surface area (Å²) >= 11 is 0. The fraction of sp³-hybridized carbons (Fsp3) is 0.391. The van der Waals surface area contributed by atoms with Gasteiger partial charge >= 0.3 is 0 Å². The first kappa shape index (κ1) is 16.4. The van der Waals surface area contributed by atoms with Crippen molar-refractivity contribution in [3.8, 4) is 0 Å². The Kier molecular flexibility index (Phi) is 4.39. The van der Waals surface area contributed by atoms with E-state index in [-0.39, 0.29) is 0 Å². The Morgan fingerprint density at radius 2 is 1.80 bits per heavy atom. The van der Waals surface area contributed by atoms with Crippen LogP contribution < -0.4 is 0 Å². The number of fused-ring (bicyclic) bond motifs is 3. The minimum Gasteiger partial charge on any atom is -0.344 e. The molecule has 2 heterocycles. The maximum Gasteiger partial charge on any atom is 0.0486 e. The molecule has 0 bridgehead atoms. The molecule has 1 aromatic heterocycles. The van der Waals surface area contributed by atoms with Gasteiger partial charge in [-0.3, -0.25) is 4.90 Å². The van der Waals surface area contributed by atoms with Crippen LogP contribution in [0.15, 0.2) is 48.5 Å². The van der Waals surface area contributed by atoms with Crippen LogP contribution in [0, 0.1) is 6.92 Å². The second kappa shape index (κ2) is 6.68. The minimum atomic E-state index is 0.625. The minimum absolute atomic E-state index is 0.625. The van der Waals surface area contributed by atoms with Crippen molar-refractivity contribution >= 4 is 10.9 Å². The molecule has 0 N–H and O–H groups in total. The van der Waals surface area contributed by atoms with E-state index in [0.29, 0.717) is 6.04 Å². The average molecular weight is 332 g/mol. The first-order valence-corrected chi connectivity index (χ1v) is 9.56. The van der Waals surface area contributed by atoms with Crippen LogP contribution in [0.5, 0.6) is 0 Å². The Morgan fingerprint density at radius 3 is 2.56 bits per heavy atom. The summed E-state index contributed by atoms with van der Waals surface area (Å²) in [6, 6.07) is 18.6. The zero-order chi connectivity index (χ0) is 17.4. The average Bonchev–Trinajstić information content (AvgIpc) is 2.93. The molecule has 1 aliphatic rings. The van der Waals surface area contributed by atoms with Crippen LogP contribution in [-0.2, 0) is 25.9 Å². The predicted octanol–water partition coefficient (Wildman–Crippen LogP) is 4.96. The number of aryl methyl sites for hydroxylation is 3. The van der Waals surface area contributed by atoms with Gasteiger partial charge < -0.3 is 4.57 Å². The van der Waals surface area contributed by atoms with E-state index in [4.69, 9.17) is 0 Å². The standard InChI is InChI=1S/C23H28N2/c1-4-24-16-21-20-7-5-6-8-22(20)25(23(21)15-18(24)3)14-13-19-11-9-17(2)10-12-19/h5-12,18H,4,13-16H2,1-3H3. The first-order valence-electron chi connectivity index (χ1n) is 9.56. The van der Waals surface area contributed by atoms with Crippen molar-refractivity contribution in [2.24, 2.45) is 0 Å². The summed E-state index contributed by atoms with van der Waals surface area (Å²) in [5.74, 6) is 0. The van der Waals surface area contributed by atoms with Crippen LogP contribution >= 0.6 is 0 Å². The van der Waals surface area contributed by atoms with Gasteiger partial charge in [-0.15, -0.1) is 0 Å². The quantitative estimate of drug-likeness (QED) is 0.655. The largest absolute Gasteiger partial charge is 0.344 e. The number of nitrogens with zero attached hydrogens (tertiary/aromatic N) is 2. The van der Waals surface area contributed by atoms with Gasteiger partial charge in [0.15, 0.2) is 0 Å². The monoisotopic (exact) mass is 332 g/mol.